The minimum Gasteiger partial charge on any atom is -0.487 e. The van der Waals surface area contributed by atoms with Crippen LogP contribution in [-0.2, 0) is 10.0 Å². The number of sulfonamides is 1. The van der Waals surface area contributed by atoms with Gasteiger partial charge in [-0.05, 0) is 44.8 Å². The zero-order valence-corrected chi connectivity index (χ0v) is 18.6. The Balaban J connectivity index is 2.17. The third-order valence-electron chi connectivity index (χ3n) is 5.40. The van der Waals surface area contributed by atoms with Crippen LogP contribution in [-0.4, -0.2) is 68.7 Å². The molecule has 0 saturated carbocycles. The van der Waals surface area contributed by atoms with Gasteiger partial charge in [-0.25, -0.2) is 12.8 Å². The molecule has 8 heteroatoms. The van der Waals surface area contributed by atoms with Crippen molar-refractivity contribution in [2.24, 2.45) is 5.92 Å². The second-order valence-corrected chi connectivity index (χ2v) is 10.0. The van der Waals surface area contributed by atoms with Gasteiger partial charge < -0.3 is 14.7 Å². The zero-order valence-electron chi connectivity index (χ0n) is 17.7. The first-order chi connectivity index (χ1) is 14.1. The number of aliphatic hydroxyl groups is 1. The van der Waals surface area contributed by atoms with Crippen molar-refractivity contribution in [3.63, 3.8) is 0 Å². The van der Waals surface area contributed by atoms with Crippen LogP contribution in [0.15, 0.2) is 47.4 Å². The number of nitrogens with zero attached hydrogens (tertiary/aromatic N) is 2. The number of hydrogen-bond acceptors (Lipinski definition) is 5. The van der Waals surface area contributed by atoms with Crippen molar-refractivity contribution in [1.82, 2.24) is 9.21 Å². The molecule has 0 fully saturated rings. The molecule has 1 N–H and O–H groups in total. The molecule has 0 radical (unpaired) electrons. The van der Waals surface area contributed by atoms with Crippen LogP contribution in [0.25, 0.3) is 11.1 Å². The van der Waals surface area contributed by atoms with E-state index in [4.69, 9.17) is 4.74 Å². The molecular formula is C22H29FN2O4S. The van der Waals surface area contributed by atoms with E-state index in [1.54, 1.807) is 37.3 Å². The van der Waals surface area contributed by atoms with Crippen molar-refractivity contribution in [3.05, 3.63) is 48.3 Å². The van der Waals surface area contributed by atoms with E-state index in [9.17, 15) is 17.9 Å². The molecule has 6 nitrogen and oxygen atoms in total. The van der Waals surface area contributed by atoms with Gasteiger partial charge >= 0.3 is 0 Å². The van der Waals surface area contributed by atoms with Crippen molar-refractivity contribution in [2.75, 3.05) is 33.8 Å². The van der Waals surface area contributed by atoms with Crippen LogP contribution in [0.5, 0.6) is 5.75 Å². The van der Waals surface area contributed by atoms with Gasteiger partial charge in [-0.3, -0.25) is 0 Å². The average molecular weight is 437 g/mol. The van der Waals surface area contributed by atoms with E-state index < -0.39 is 16.1 Å². The minimum absolute atomic E-state index is 0.0264. The van der Waals surface area contributed by atoms with E-state index in [2.05, 4.69) is 0 Å². The van der Waals surface area contributed by atoms with Crippen LogP contribution in [0, 0.1) is 11.7 Å². The molecule has 3 rings (SSSR count). The van der Waals surface area contributed by atoms with Crippen molar-refractivity contribution in [1.29, 1.82) is 0 Å². The summed E-state index contributed by atoms with van der Waals surface area (Å²) in [5.41, 5.74) is 0.918. The first-order valence-electron chi connectivity index (χ1n) is 9.98. The van der Waals surface area contributed by atoms with Gasteiger partial charge in [0.1, 0.15) is 22.6 Å². The number of fused-ring (bicyclic) bond motifs is 1. The van der Waals surface area contributed by atoms with Crippen LogP contribution in [0.3, 0.4) is 0 Å². The van der Waals surface area contributed by atoms with Crippen LogP contribution in [0.1, 0.15) is 13.8 Å². The number of likely N-dealkylation sites (N-methyl/N-ethyl adjacent to an activating group) is 1. The van der Waals surface area contributed by atoms with Gasteiger partial charge in [-0.15, -0.1) is 0 Å². The quantitative estimate of drug-likeness (QED) is 0.781. The Kier molecular flexibility index (Phi) is 6.81. The van der Waals surface area contributed by atoms with E-state index in [1.165, 1.54) is 16.4 Å². The molecule has 0 unspecified atom stereocenters. The molecular weight excluding hydrogens is 407 g/mol. The molecule has 1 aliphatic heterocycles. The highest BCUT2D eigenvalue weighted by Crippen LogP contribution is 2.37. The predicted molar refractivity (Wildman–Crippen MR) is 114 cm³/mol. The predicted octanol–water partition coefficient (Wildman–Crippen LogP) is 2.82. The average Bonchev–Trinajstić information content (AvgIpc) is 2.69. The summed E-state index contributed by atoms with van der Waals surface area (Å²) in [7, 11) is -0.0529. The number of aliphatic hydroxyl groups excluding tert-OH is 1. The third kappa shape index (κ3) is 4.51. The monoisotopic (exact) mass is 436 g/mol. The number of rotatable bonds is 5. The molecule has 0 aliphatic carbocycles. The van der Waals surface area contributed by atoms with E-state index in [-0.39, 0.29) is 41.6 Å². The lowest BCUT2D eigenvalue weighted by atomic mass is 10.0. The molecule has 30 heavy (non-hydrogen) atoms. The molecule has 0 aromatic heterocycles. The van der Waals surface area contributed by atoms with Crippen LogP contribution in [0.4, 0.5) is 4.39 Å². The van der Waals surface area contributed by atoms with E-state index >= 15 is 0 Å². The SMILES string of the molecule is C[C@H]1CN([C@@H](C)CO)S(=O)(=O)c2ccc(-c3ccccc3F)cc2O[C@H]1CN(C)C. The number of ether oxygens (including phenoxy) is 1. The summed E-state index contributed by atoms with van der Waals surface area (Å²) in [5.74, 6) is -0.314. The molecule has 164 valence electrons. The summed E-state index contributed by atoms with van der Waals surface area (Å²) in [4.78, 5) is 2.01. The summed E-state index contributed by atoms with van der Waals surface area (Å²) in [6.45, 7) is 4.16. The summed E-state index contributed by atoms with van der Waals surface area (Å²) < 4.78 is 48.7. The molecule has 2 aromatic carbocycles. The fourth-order valence-electron chi connectivity index (χ4n) is 3.67. The van der Waals surface area contributed by atoms with Crippen LogP contribution >= 0.6 is 0 Å². The Morgan fingerprint density at radius 1 is 1.27 bits per heavy atom. The van der Waals surface area contributed by atoms with Gasteiger partial charge in [-0.1, -0.05) is 31.2 Å². The Hall–Kier alpha value is -2.00. The summed E-state index contributed by atoms with van der Waals surface area (Å²) in [5, 5.41) is 9.66. The molecule has 1 aliphatic rings. The minimum atomic E-state index is -3.91. The summed E-state index contributed by atoms with van der Waals surface area (Å²) in [6.07, 6.45) is -0.279. The van der Waals surface area contributed by atoms with Crippen molar-refractivity contribution in [2.45, 2.75) is 30.9 Å². The number of benzene rings is 2. The largest absolute Gasteiger partial charge is 0.487 e. The molecule has 0 amide bonds. The van der Waals surface area contributed by atoms with Crippen LogP contribution in [0.2, 0.25) is 0 Å². The molecule has 0 spiro atoms. The maximum atomic E-state index is 14.3. The Morgan fingerprint density at radius 3 is 2.60 bits per heavy atom. The van der Waals surface area contributed by atoms with E-state index in [0.29, 0.717) is 17.7 Å². The smallest absolute Gasteiger partial charge is 0.247 e. The second-order valence-electron chi connectivity index (χ2n) is 8.14. The standard InChI is InChI=1S/C22H29FN2O4S/c1-15-12-25(16(2)14-26)30(27,28)22-10-9-17(18-7-5-6-8-19(18)23)11-20(22)29-21(15)13-24(3)4/h5-11,15-16,21,26H,12-14H2,1-4H3/t15-,16-,21-/m0/s1. The summed E-state index contributed by atoms with van der Waals surface area (Å²) >= 11 is 0. The van der Waals surface area contributed by atoms with Gasteiger partial charge in [0.15, 0.2) is 0 Å². The maximum absolute atomic E-state index is 14.3. The summed E-state index contributed by atoms with van der Waals surface area (Å²) in [6, 6.07) is 10.4. The zero-order chi connectivity index (χ0) is 22.1. The molecule has 2 aromatic rings. The first-order valence-corrected chi connectivity index (χ1v) is 11.4. The first kappa shape index (κ1) is 22.7. The van der Waals surface area contributed by atoms with Gasteiger partial charge in [0.05, 0.1) is 6.61 Å². The highest BCUT2D eigenvalue weighted by Gasteiger charge is 2.38. The van der Waals surface area contributed by atoms with Crippen molar-refractivity contribution >= 4 is 10.0 Å². The Labute approximate surface area is 177 Å². The lowest BCUT2D eigenvalue weighted by molar-refractivity contribution is 0.0813. The second kappa shape index (κ2) is 9.01. The topological polar surface area (TPSA) is 70.1 Å². The van der Waals surface area contributed by atoms with Gasteiger partial charge in [0.2, 0.25) is 10.0 Å². The third-order valence-corrected chi connectivity index (χ3v) is 7.42. The Morgan fingerprint density at radius 2 is 1.97 bits per heavy atom. The highest BCUT2D eigenvalue weighted by molar-refractivity contribution is 7.89. The van der Waals surface area contributed by atoms with Crippen LogP contribution < -0.4 is 4.74 Å². The molecule has 1 heterocycles. The normalized spacial score (nSPS) is 22.6. The molecule has 0 bridgehead atoms. The lowest BCUT2D eigenvalue weighted by Crippen LogP contribution is -2.49. The lowest BCUT2D eigenvalue weighted by Gasteiger charge is -2.37. The Bertz CT molecular complexity index is 996. The van der Waals surface area contributed by atoms with E-state index in [1.807, 2.05) is 25.9 Å². The fourth-order valence-corrected chi connectivity index (χ4v) is 5.49. The number of halogens is 1. The highest BCUT2D eigenvalue weighted by atomic mass is 32.2. The number of hydrogen-bond donors (Lipinski definition) is 1. The van der Waals surface area contributed by atoms with E-state index in [0.717, 1.165) is 0 Å². The van der Waals surface area contributed by atoms with Crippen molar-refractivity contribution < 1.29 is 22.7 Å². The van der Waals surface area contributed by atoms with Gasteiger partial charge in [0.25, 0.3) is 0 Å². The van der Waals surface area contributed by atoms with Gasteiger partial charge in [-0.2, -0.15) is 4.31 Å². The van der Waals surface area contributed by atoms with Crippen molar-refractivity contribution in [3.8, 4) is 16.9 Å². The molecule has 3 atom stereocenters. The maximum Gasteiger partial charge on any atom is 0.247 e. The van der Waals surface area contributed by atoms with Gasteiger partial charge in [0, 0.05) is 30.6 Å². The molecule has 0 saturated heterocycles. The fraction of sp³-hybridized carbons (Fsp3) is 0.455.